The molecule has 0 saturated heterocycles. The van der Waals surface area contributed by atoms with Crippen LogP contribution < -0.4 is 10.1 Å². The zero-order chi connectivity index (χ0) is 16.5. The molecule has 1 aromatic carbocycles. The second-order valence-electron chi connectivity index (χ2n) is 6.70. The molecule has 5 heteroatoms. The van der Waals surface area contributed by atoms with Crippen molar-refractivity contribution in [3.8, 4) is 5.75 Å². The van der Waals surface area contributed by atoms with Crippen molar-refractivity contribution in [1.29, 1.82) is 0 Å². The third-order valence-corrected chi connectivity index (χ3v) is 4.69. The van der Waals surface area contributed by atoms with E-state index in [0.29, 0.717) is 24.6 Å². The van der Waals surface area contributed by atoms with Gasteiger partial charge in [0.15, 0.2) is 0 Å². The van der Waals surface area contributed by atoms with Crippen molar-refractivity contribution in [2.24, 2.45) is 5.92 Å². The molecule has 1 aromatic heterocycles. The van der Waals surface area contributed by atoms with Crippen LogP contribution in [0.3, 0.4) is 0 Å². The number of ether oxygens (including phenoxy) is 1. The monoisotopic (exact) mass is 323 g/mol. The van der Waals surface area contributed by atoms with E-state index in [1.54, 1.807) is 6.20 Å². The maximum atomic E-state index is 12.4. The summed E-state index contributed by atoms with van der Waals surface area (Å²) in [7, 11) is 0. The van der Waals surface area contributed by atoms with Gasteiger partial charge in [-0.3, -0.25) is 4.79 Å². The summed E-state index contributed by atoms with van der Waals surface area (Å²) in [6.07, 6.45) is 4.91. The van der Waals surface area contributed by atoms with Crippen LogP contribution in [0.15, 0.2) is 30.5 Å². The molecule has 1 aliphatic heterocycles. The molecule has 24 heavy (non-hydrogen) atoms. The zero-order valence-electron chi connectivity index (χ0n) is 13.8. The molecule has 1 saturated carbocycles. The predicted molar refractivity (Wildman–Crippen MR) is 90.2 cm³/mol. The Hall–Kier alpha value is -2.43. The smallest absolute Gasteiger partial charge is 0.254 e. The molecule has 2 aliphatic rings. The van der Waals surface area contributed by atoms with Crippen LogP contribution in [0.1, 0.15) is 46.2 Å². The summed E-state index contributed by atoms with van der Waals surface area (Å²) >= 11 is 0. The van der Waals surface area contributed by atoms with Gasteiger partial charge in [-0.2, -0.15) is 0 Å². The molecule has 0 bridgehead atoms. The Morgan fingerprint density at radius 2 is 2.17 bits per heavy atom. The fourth-order valence-corrected chi connectivity index (χ4v) is 3.10. The van der Waals surface area contributed by atoms with Gasteiger partial charge in [0.2, 0.25) is 0 Å². The SMILES string of the molecule is Cc1nc(C2CC2)ncc1C(=O)NC[C@@H]1COc2ccccc2C1. The standard InChI is InChI=1S/C19H21N3O2/c1-12-16(10-20-18(22-12)14-6-7-14)19(23)21-9-13-8-15-4-2-3-5-17(15)24-11-13/h2-5,10,13-14H,6-9,11H2,1H3,(H,21,23)/t13-/m1/s1. The molecular formula is C19H21N3O2. The lowest BCUT2D eigenvalue weighted by Gasteiger charge is -2.25. The normalized spacial score (nSPS) is 19.3. The molecule has 124 valence electrons. The van der Waals surface area contributed by atoms with Crippen LogP contribution in [0.5, 0.6) is 5.75 Å². The minimum absolute atomic E-state index is 0.103. The number of rotatable bonds is 4. The van der Waals surface area contributed by atoms with Gasteiger partial charge in [0.25, 0.3) is 5.91 Å². The number of aryl methyl sites for hydroxylation is 1. The highest BCUT2D eigenvalue weighted by Gasteiger charge is 2.27. The molecule has 1 amide bonds. The predicted octanol–water partition coefficient (Wildman–Crippen LogP) is 2.64. The maximum Gasteiger partial charge on any atom is 0.254 e. The van der Waals surface area contributed by atoms with Crippen molar-refractivity contribution in [2.45, 2.75) is 32.1 Å². The average Bonchev–Trinajstić information content (AvgIpc) is 3.44. The number of nitrogens with zero attached hydrogens (tertiary/aromatic N) is 2. The highest BCUT2D eigenvalue weighted by atomic mass is 16.5. The number of amides is 1. The lowest BCUT2D eigenvalue weighted by molar-refractivity contribution is 0.0937. The average molecular weight is 323 g/mol. The van der Waals surface area contributed by atoms with Gasteiger partial charge in [0, 0.05) is 24.6 Å². The van der Waals surface area contributed by atoms with Gasteiger partial charge >= 0.3 is 0 Å². The molecule has 1 atom stereocenters. The molecule has 5 nitrogen and oxygen atoms in total. The van der Waals surface area contributed by atoms with Gasteiger partial charge in [-0.05, 0) is 37.8 Å². The Labute approximate surface area is 141 Å². The van der Waals surface area contributed by atoms with Crippen LogP contribution >= 0.6 is 0 Å². The number of hydrogen-bond acceptors (Lipinski definition) is 4. The fraction of sp³-hybridized carbons (Fsp3) is 0.421. The van der Waals surface area contributed by atoms with E-state index in [4.69, 9.17) is 4.74 Å². The molecule has 0 spiro atoms. The van der Waals surface area contributed by atoms with Crippen molar-refractivity contribution in [3.63, 3.8) is 0 Å². The van der Waals surface area contributed by atoms with Crippen LogP contribution in [-0.2, 0) is 6.42 Å². The fourth-order valence-electron chi connectivity index (χ4n) is 3.10. The second-order valence-corrected chi connectivity index (χ2v) is 6.70. The van der Waals surface area contributed by atoms with Gasteiger partial charge < -0.3 is 10.1 Å². The molecule has 0 unspecified atom stereocenters. The Morgan fingerprint density at radius 3 is 2.96 bits per heavy atom. The molecule has 4 rings (SSSR count). The molecule has 2 aromatic rings. The number of para-hydroxylation sites is 1. The van der Waals surface area contributed by atoms with E-state index in [9.17, 15) is 4.79 Å². The molecule has 2 heterocycles. The van der Waals surface area contributed by atoms with Crippen LogP contribution in [0.25, 0.3) is 0 Å². The molecule has 1 fully saturated rings. The van der Waals surface area contributed by atoms with Crippen molar-refractivity contribution in [1.82, 2.24) is 15.3 Å². The lowest BCUT2D eigenvalue weighted by atomic mass is 9.96. The third kappa shape index (κ3) is 3.11. The van der Waals surface area contributed by atoms with Gasteiger partial charge in [-0.25, -0.2) is 9.97 Å². The van der Waals surface area contributed by atoms with E-state index < -0.39 is 0 Å². The number of carbonyl (C=O) groups is 1. The zero-order valence-corrected chi connectivity index (χ0v) is 13.8. The quantitative estimate of drug-likeness (QED) is 0.939. The summed E-state index contributed by atoms with van der Waals surface area (Å²) in [6.45, 7) is 3.10. The molecule has 1 N–H and O–H groups in total. The summed E-state index contributed by atoms with van der Waals surface area (Å²) in [5.41, 5.74) is 2.53. The lowest BCUT2D eigenvalue weighted by Crippen LogP contribution is -2.35. The van der Waals surface area contributed by atoms with Crippen LogP contribution in [0, 0.1) is 12.8 Å². The minimum atomic E-state index is -0.103. The Balaban J connectivity index is 1.37. The minimum Gasteiger partial charge on any atom is -0.493 e. The van der Waals surface area contributed by atoms with Gasteiger partial charge in [0.1, 0.15) is 11.6 Å². The largest absolute Gasteiger partial charge is 0.493 e. The van der Waals surface area contributed by atoms with E-state index in [0.717, 1.165) is 36.5 Å². The van der Waals surface area contributed by atoms with E-state index >= 15 is 0 Å². The van der Waals surface area contributed by atoms with Crippen molar-refractivity contribution < 1.29 is 9.53 Å². The maximum absolute atomic E-state index is 12.4. The number of fused-ring (bicyclic) bond motifs is 1. The number of benzene rings is 1. The summed E-state index contributed by atoms with van der Waals surface area (Å²) in [5, 5.41) is 3.01. The first kappa shape index (κ1) is 15.1. The second kappa shape index (κ2) is 6.23. The van der Waals surface area contributed by atoms with E-state index in [-0.39, 0.29) is 11.8 Å². The highest BCUT2D eigenvalue weighted by Crippen LogP contribution is 2.37. The first-order chi connectivity index (χ1) is 11.7. The van der Waals surface area contributed by atoms with Crippen LogP contribution in [0.4, 0.5) is 0 Å². The first-order valence-corrected chi connectivity index (χ1v) is 8.53. The van der Waals surface area contributed by atoms with E-state index in [1.165, 1.54) is 5.56 Å². The van der Waals surface area contributed by atoms with Gasteiger partial charge in [-0.15, -0.1) is 0 Å². The van der Waals surface area contributed by atoms with Gasteiger partial charge in [0.05, 0.1) is 17.9 Å². The number of aromatic nitrogens is 2. The van der Waals surface area contributed by atoms with Crippen LogP contribution in [0.2, 0.25) is 0 Å². The van der Waals surface area contributed by atoms with Gasteiger partial charge in [-0.1, -0.05) is 18.2 Å². The highest BCUT2D eigenvalue weighted by molar-refractivity contribution is 5.94. The van der Waals surface area contributed by atoms with Crippen molar-refractivity contribution in [3.05, 3.63) is 53.1 Å². The van der Waals surface area contributed by atoms with Crippen molar-refractivity contribution in [2.75, 3.05) is 13.2 Å². The Kier molecular flexibility index (Phi) is 3.92. The number of carbonyl (C=O) groups excluding carboxylic acids is 1. The topological polar surface area (TPSA) is 64.1 Å². The third-order valence-electron chi connectivity index (χ3n) is 4.69. The number of nitrogens with one attached hydrogen (secondary N) is 1. The molecule has 0 radical (unpaired) electrons. The summed E-state index contributed by atoms with van der Waals surface area (Å²) in [6, 6.07) is 8.07. The van der Waals surface area contributed by atoms with Crippen LogP contribution in [-0.4, -0.2) is 29.0 Å². The van der Waals surface area contributed by atoms with Crippen molar-refractivity contribution >= 4 is 5.91 Å². The summed E-state index contributed by atoms with van der Waals surface area (Å²) in [5.74, 6) is 2.52. The van der Waals surface area contributed by atoms with E-state index in [2.05, 4.69) is 21.4 Å². The molecular weight excluding hydrogens is 302 g/mol. The number of hydrogen-bond donors (Lipinski definition) is 1. The Morgan fingerprint density at radius 1 is 1.33 bits per heavy atom. The Bertz CT molecular complexity index is 771. The summed E-state index contributed by atoms with van der Waals surface area (Å²) in [4.78, 5) is 21.3. The summed E-state index contributed by atoms with van der Waals surface area (Å²) < 4.78 is 5.77. The van der Waals surface area contributed by atoms with E-state index in [1.807, 2.05) is 25.1 Å². The molecule has 1 aliphatic carbocycles. The first-order valence-electron chi connectivity index (χ1n) is 8.53.